The van der Waals surface area contributed by atoms with Crippen molar-refractivity contribution in [2.45, 2.75) is 49.9 Å². The molecule has 4 unspecified atom stereocenters. The Morgan fingerprint density at radius 3 is 2.69 bits per heavy atom. The molecule has 10 nitrogen and oxygen atoms in total. The lowest BCUT2D eigenvalue weighted by atomic mass is 10.0. The fraction of sp³-hybridized carbons (Fsp3) is 0.500. The highest BCUT2D eigenvalue weighted by molar-refractivity contribution is 7.98. The van der Waals surface area contributed by atoms with Gasteiger partial charge in [-0.15, -0.1) is 0 Å². The van der Waals surface area contributed by atoms with E-state index in [1.54, 1.807) is 6.20 Å². The van der Waals surface area contributed by atoms with E-state index >= 15 is 0 Å². The molecular formula is C24H33N5O5S2. The van der Waals surface area contributed by atoms with E-state index in [2.05, 4.69) is 28.2 Å². The molecule has 3 rings (SSSR count). The molecule has 6 N–H and O–H groups in total. The number of fused-ring (bicyclic) bond motifs is 1. The van der Waals surface area contributed by atoms with Crippen LogP contribution in [-0.4, -0.2) is 87.2 Å². The third-order valence-corrected chi connectivity index (χ3v) is 7.35. The average molecular weight is 536 g/mol. The fourth-order valence-corrected chi connectivity index (χ4v) is 4.98. The first kappa shape index (κ1) is 27.9. The highest BCUT2D eigenvalue weighted by atomic mass is 32.2. The van der Waals surface area contributed by atoms with Crippen molar-refractivity contribution >= 4 is 59.0 Å². The van der Waals surface area contributed by atoms with Gasteiger partial charge in [-0.05, 0) is 42.9 Å². The summed E-state index contributed by atoms with van der Waals surface area (Å²) in [6, 6.07) is 3.88. The minimum atomic E-state index is -1.16. The van der Waals surface area contributed by atoms with E-state index in [9.17, 15) is 24.3 Å². The van der Waals surface area contributed by atoms with Crippen molar-refractivity contribution in [3.05, 3.63) is 36.0 Å². The van der Waals surface area contributed by atoms with E-state index in [-0.39, 0.29) is 18.1 Å². The van der Waals surface area contributed by atoms with E-state index < -0.39 is 42.0 Å². The molecule has 1 fully saturated rings. The zero-order chi connectivity index (χ0) is 26.2. The zero-order valence-corrected chi connectivity index (χ0v) is 21.8. The smallest absolute Gasteiger partial charge is 0.326 e. The van der Waals surface area contributed by atoms with Gasteiger partial charge >= 0.3 is 5.97 Å². The first-order valence-corrected chi connectivity index (χ1v) is 13.8. The Balaban J connectivity index is 1.71. The number of thiol groups is 1. The number of H-pyrrole nitrogens is 1. The summed E-state index contributed by atoms with van der Waals surface area (Å²) in [7, 11) is 0. The van der Waals surface area contributed by atoms with Crippen LogP contribution < -0.4 is 16.4 Å². The molecular weight excluding hydrogens is 502 g/mol. The van der Waals surface area contributed by atoms with Crippen LogP contribution in [0.1, 0.15) is 24.8 Å². The lowest BCUT2D eigenvalue weighted by molar-refractivity contribution is -0.144. The Hall–Kier alpha value is -2.70. The molecule has 0 bridgehead atoms. The van der Waals surface area contributed by atoms with Crippen molar-refractivity contribution in [3.8, 4) is 0 Å². The molecule has 0 saturated carbocycles. The van der Waals surface area contributed by atoms with Crippen molar-refractivity contribution < 1.29 is 24.3 Å². The number of carboxylic acid groups (broad SMARTS) is 1. The first-order chi connectivity index (χ1) is 17.3. The maximum Gasteiger partial charge on any atom is 0.326 e. The maximum absolute atomic E-state index is 13.4. The maximum atomic E-state index is 13.4. The van der Waals surface area contributed by atoms with E-state index in [0.29, 0.717) is 31.6 Å². The van der Waals surface area contributed by atoms with Crippen LogP contribution in [0, 0.1) is 0 Å². The normalized spacial score (nSPS) is 18.0. The van der Waals surface area contributed by atoms with Gasteiger partial charge in [-0.1, -0.05) is 18.2 Å². The molecule has 12 heteroatoms. The highest BCUT2D eigenvalue weighted by Crippen LogP contribution is 2.22. The van der Waals surface area contributed by atoms with Crippen LogP contribution in [0.15, 0.2) is 30.5 Å². The number of carboxylic acids is 1. The minimum Gasteiger partial charge on any atom is -0.480 e. The molecule has 1 aromatic heterocycles. The lowest BCUT2D eigenvalue weighted by Gasteiger charge is -2.30. The Bertz CT molecular complexity index is 1090. The number of amides is 3. The summed E-state index contributed by atoms with van der Waals surface area (Å²) in [5.74, 6) is -1.76. The number of hydrogen-bond acceptors (Lipinski definition) is 7. The van der Waals surface area contributed by atoms with Crippen LogP contribution in [0.25, 0.3) is 10.9 Å². The first-order valence-electron chi connectivity index (χ1n) is 11.8. The van der Waals surface area contributed by atoms with Gasteiger partial charge in [0, 0.05) is 35.8 Å². The summed E-state index contributed by atoms with van der Waals surface area (Å²) in [4.78, 5) is 55.4. The monoisotopic (exact) mass is 535 g/mol. The Morgan fingerprint density at radius 2 is 2.00 bits per heavy atom. The second kappa shape index (κ2) is 13.0. The van der Waals surface area contributed by atoms with Crippen molar-refractivity contribution in [2.24, 2.45) is 5.73 Å². The number of rotatable bonds is 12. The van der Waals surface area contributed by atoms with Crippen molar-refractivity contribution in [1.29, 1.82) is 0 Å². The molecule has 36 heavy (non-hydrogen) atoms. The van der Waals surface area contributed by atoms with Crippen LogP contribution in [-0.2, 0) is 25.6 Å². The number of benzene rings is 1. The lowest BCUT2D eigenvalue weighted by Crippen LogP contribution is -2.57. The van der Waals surface area contributed by atoms with Crippen LogP contribution in [0.3, 0.4) is 0 Å². The minimum absolute atomic E-state index is 0.0970. The van der Waals surface area contributed by atoms with Gasteiger partial charge in [0.05, 0.1) is 6.04 Å². The molecule has 0 spiro atoms. The SMILES string of the molecule is CSCCC(NC(=O)C(N)CS)C(=O)N1CCCC1C(=O)NC(Cc1c[nH]c2ccccc12)C(=O)O. The predicted octanol–water partition coefficient (Wildman–Crippen LogP) is 0.766. The molecule has 196 valence electrons. The number of hydrogen-bond donors (Lipinski definition) is 6. The topological polar surface area (TPSA) is 158 Å². The van der Waals surface area contributed by atoms with E-state index in [1.807, 2.05) is 30.5 Å². The molecule has 1 aliphatic heterocycles. The molecule has 0 aliphatic carbocycles. The molecule has 1 aliphatic rings. The van der Waals surface area contributed by atoms with Crippen molar-refractivity contribution in [1.82, 2.24) is 20.5 Å². The number of nitrogens with zero attached hydrogens (tertiary/aromatic N) is 1. The van der Waals surface area contributed by atoms with Crippen molar-refractivity contribution in [2.75, 3.05) is 24.3 Å². The predicted molar refractivity (Wildman–Crippen MR) is 143 cm³/mol. The number of aliphatic carboxylic acids is 1. The quantitative estimate of drug-likeness (QED) is 0.219. The van der Waals surface area contributed by atoms with Gasteiger partial charge in [0.15, 0.2) is 0 Å². The van der Waals surface area contributed by atoms with E-state index in [4.69, 9.17) is 5.73 Å². The molecule has 1 aromatic carbocycles. The zero-order valence-electron chi connectivity index (χ0n) is 20.1. The second-order valence-corrected chi connectivity index (χ2v) is 10.1. The summed E-state index contributed by atoms with van der Waals surface area (Å²) >= 11 is 5.58. The summed E-state index contributed by atoms with van der Waals surface area (Å²) < 4.78 is 0. The van der Waals surface area contributed by atoms with Gasteiger partial charge in [-0.3, -0.25) is 14.4 Å². The number of carbonyl (C=O) groups excluding carboxylic acids is 3. The number of carbonyl (C=O) groups is 4. The number of aromatic amines is 1. The van der Waals surface area contributed by atoms with Gasteiger partial charge < -0.3 is 31.4 Å². The molecule has 2 aromatic rings. The third kappa shape index (κ3) is 6.74. The highest BCUT2D eigenvalue weighted by Gasteiger charge is 2.39. The van der Waals surface area contributed by atoms with Gasteiger partial charge in [0.25, 0.3) is 0 Å². The molecule has 2 heterocycles. The Labute approximate surface area is 219 Å². The number of para-hydroxylation sites is 1. The molecule has 4 atom stereocenters. The third-order valence-electron chi connectivity index (χ3n) is 6.31. The standard InChI is InChI=1S/C24H33N5O5S2/c1-36-10-8-18(27-21(30)16(25)13-35)23(32)29-9-4-7-20(29)22(31)28-19(24(33)34)11-14-12-26-17-6-3-2-5-15(14)17/h2-3,5-6,12,16,18-20,26,35H,4,7-11,13,25H2,1H3,(H,27,30)(H,28,31)(H,33,34). The summed E-state index contributed by atoms with van der Waals surface area (Å²) in [5, 5.41) is 16.0. The van der Waals surface area contributed by atoms with Crippen LogP contribution >= 0.6 is 24.4 Å². The molecule has 0 radical (unpaired) electrons. The van der Waals surface area contributed by atoms with Crippen LogP contribution in [0.2, 0.25) is 0 Å². The summed E-state index contributed by atoms with van der Waals surface area (Å²) in [6.07, 6.45) is 5.13. The van der Waals surface area contributed by atoms with E-state index in [1.165, 1.54) is 16.7 Å². The summed E-state index contributed by atoms with van der Waals surface area (Å²) in [5.41, 5.74) is 7.41. The van der Waals surface area contributed by atoms with Gasteiger partial charge in [0.1, 0.15) is 18.1 Å². The largest absolute Gasteiger partial charge is 0.480 e. The van der Waals surface area contributed by atoms with Crippen LogP contribution in [0.4, 0.5) is 0 Å². The number of thioether (sulfide) groups is 1. The average Bonchev–Trinajstić information content (AvgIpc) is 3.52. The van der Waals surface area contributed by atoms with Crippen molar-refractivity contribution in [3.63, 3.8) is 0 Å². The fourth-order valence-electron chi connectivity index (χ4n) is 4.35. The number of likely N-dealkylation sites (tertiary alicyclic amines) is 1. The van der Waals surface area contributed by atoms with Gasteiger partial charge in [-0.2, -0.15) is 24.4 Å². The second-order valence-electron chi connectivity index (χ2n) is 8.78. The Morgan fingerprint density at radius 1 is 1.25 bits per heavy atom. The van der Waals surface area contributed by atoms with Gasteiger partial charge in [-0.25, -0.2) is 4.79 Å². The number of aromatic nitrogens is 1. The molecule has 1 saturated heterocycles. The number of nitrogens with two attached hydrogens (primary N) is 1. The van der Waals surface area contributed by atoms with Gasteiger partial charge in [0.2, 0.25) is 17.7 Å². The Kier molecular flexibility index (Phi) is 10.1. The number of nitrogens with one attached hydrogen (secondary N) is 3. The van der Waals surface area contributed by atoms with E-state index in [0.717, 1.165) is 16.5 Å². The summed E-state index contributed by atoms with van der Waals surface area (Å²) in [6.45, 7) is 0.349. The van der Waals surface area contributed by atoms with Crippen LogP contribution in [0.5, 0.6) is 0 Å². The molecule has 3 amide bonds.